The van der Waals surface area contributed by atoms with Crippen LogP contribution >= 0.6 is 11.3 Å². The van der Waals surface area contributed by atoms with Crippen molar-refractivity contribution in [2.24, 2.45) is 0 Å². The van der Waals surface area contributed by atoms with E-state index >= 15 is 8.78 Å². The summed E-state index contributed by atoms with van der Waals surface area (Å²) in [6, 6.07) is 24.0. The van der Waals surface area contributed by atoms with Crippen molar-refractivity contribution in [1.82, 2.24) is 24.6 Å². The van der Waals surface area contributed by atoms with Gasteiger partial charge in [0.2, 0.25) is 25.2 Å². The maximum absolute atomic E-state index is 15.8. The van der Waals surface area contributed by atoms with Gasteiger partial charge in [-0.25, -0.2) is 40.0 Å². The zero-order valence-electron chi connectivity index (χ0n) is 31.4. The third kappa shape index (κ3) is 9.01. The Bertz CT molecular complexity index is 2800. The van der Waals surface area contributed by atoms with Crippen LogP contribution in [0.15, 0.2) is 101 Å². The molecule has 6 aromatic rings. The molecule has 57 heavy (non-hydrogen) atoms. The van der Waals surface area contributed by atoms with Crippen molar-refractivity contribution in [3.05, 3.63) is 114 Å². The minimum absolute atomic E-state index is 0.0426. The third-order valence-electron chi connectivity index (χ3n) is 8.58. The Morgan fingerprint density at radius 1 is 0.719 bits per heavy atom. The normalized spacial score (nSPS) is 12.4. The van der Waals surface area contributed by atoms with Crippen LogP contribution in [0.5, 0.6) is 0 Å². The Kier molecular flexibility index (Phi) is 11.1. The summed E-state index contributed by atoms with van der Waals surface area (Å²) >= 11 is 0.996. The number of nitriles is 1. The molecule has 6 rings (SSSR count). The zero-order valence-corrected chi connectivity index (χ0v) is 33.9. The van der Waals surface area contributed by atoms with Gasteiger partial charge in [0, 0.05) is 38.9 Å². The molecule has 0 aliphatic carbocycles. The number of nitrogens with zero attached hydrogens (tertiary/aromatic N) is 4. The van der Waals surface area contributed by atoms with Crippen LogP contribution in [0.25, 0.3) is 44.0 Å². The van der Waals surface area contributed by atoms with E-state index in [-0.39, 0.29) is 76.8 Å². The van der Waals surface area contributed by atoms with Gasteiger partial charge in [-0.05, 0) is 100 Å². The van der Waals surface area contributed by atoms with Crippen molar-refractivity contribution >= 4 is 42.3 Å². The number of nitrogens with one attached hydrogen (secondary N) is 2. The van der Waals surface area contributed by atoms with E-state index in [4.69, 9.17) is 11.5 Å². The molecule has 0 aliphatic heterocycles. The maximum atomic E-state index is 15.8. The quantitative estimate of drug-likeness (QED) is 0.103. The Morgan fingerprint density at radius 3 is 1.98 bits per heavy atom. The van der Waals surface area contributed by atoms with E-state index in [1.165, 1.54) is 54.6 Å². The van der Waals surface area contributed by atoms with Crippen molar-refractivity contribution in [2.45, 2.75) is 61.9 Å². The topological polar surface area (TPSA) is 207 Å². The molecule has 17 heteroatoms. The molecule has 0 bridgehead atoms. The van der Waals surface area contributed by atoms with Crippen LogP contribution in [0.1, 0.15) is 45.9 Å². The summed E-state index contributed by atoms with van der Waals surface area (Å²) in [4.78, 5) is 3.71. The average Bonchev–Trinajstić information content (AvgIpc) is 3.55. The third-order valence-corrected chi connectivity index (χ3v) is 12.9. The number of benzene rings is 4. The van der Waals surface area contributed by atoms with Crippen LogP contribution in [0.3, 0.4) is 0 Å². The second kappa shape index (κ2) is 15.4. The van der Waals surface area contributed by atoms with Gasteiger partial charge in [-0.3, -0.25) is 0 Å². The fraction of sp³-hybridized carbons (Fsp3) is 0.200. The molecule has 0 aliphatic rings. The SMILES string of the molecule is CC(C)(C)NS(=O)(=O)c1cccc(CC(C)(C)NS(=O)(=O)c2ccccc2-c2ccc(-c3ccc(N)nc3C#N)c(F)c2)c1-c1ccc(-c2nnc(N)s2)c(F)c1. The van der Waals surface area contributed by atoms with Gasteiger partial charge in [0.25, 0.3) is 0 Å². The van der Waals surface area contributed by atoms with E-state index in [1.807, 2.05) is 6.07 Å². The summed E-state index contributed by atoms with van der Waals surface area (Å²) in [7, 11) is -8.54. The standard InChI is InChI=1S/C40H38F2N8O4S3/c1-39(2,3)49-57(53,54)34-12-8-9-25(36(34)24-14-16-29(31(42)20-24)37-47-48-38(45)55-37)21-40(4,5)50-56(51,52)33-11-7-6-10-26(33)23-13-15-27(30(41)19-23)28-17-18-35(44)46-32(28)22-43/h6-20,49-50H,21H2,1-5H3,(H2,44,46)(H2,45,48). The smallest absolute Gasteiger partial charge is 0.241 e. The highest BCUT2D eigenvalue weighted by Crippen LogP contribution is 2.38. The van der Waals surface area contributed by atoms with Crippen molar-refractivity contribution in [1.29, 1.82) is 5.26 Å². The first-order valence-electron chi connectivity index (χ1n) is 17.3. The molecule has 0 fully saturated rings. The summed E-state index contributed by atoms with van der Waals surface area (Å²) in [6.45, 7) is 8.35. The summed E-state index contributed by atoms with van der Waals surface area (Å²) in [5, 5.41) is 17.6. The lowest BCUT2D eigenvalue weighted by molar-refractivity contribution is 0.450. The first kappa shape index (κ1) is 41.0. The summed E-state index contributed by atoms with van der Waals surface area (Å²) in [5.41, 5.74) is 10.9. The number of hydrogen-bond donors (Lipinski definition) is 4. The van der Waals surface area contributed by atoms with Crippen molar-refractivity contribution < 1.29 is 25.6 Å². The molecule has 0 saturated carbocycles. The van der Waals surface area contributed by atoms with E-state index < -0.39 is 42.8 Å². The monoisotopic (exact) mass is 828 g/mol. The molecule has 2 aromatic heterocycles. The summed E-state index contributed by atoms with van der Waals surface area (Å²) in [6.07, 6.45) is -0.0426. The molecular weight excluding hydrogens is 791 g/mol. The van der Waals surface area contributed by atoms with Crippen molar-refractivity contribution in [2.75, 3.05) is 11.5 Å². The molecule has 2 heterocycles. The minimum Gasteiger partial charge on any atom is -0.384 e. The van der Waals surface area contributed by atoms with E-state index in [2.05, 4.69) is 24.6 Å². The second-order valence-electron chi connectivity index (χ2n) is 14.9. The van der Waals surface area contributed by atoms with Gasteiger partial charge in [-0.1, -0.05) is 59.9 Å². The number of aromatic nitrogens is 3. The Labute approximate surface area is 333 Å². The number of rotatable bonds is 11. The number of hydrogen-bond acceptors (Lipinski definition) is 11. The van der Waals surface area contributed by atoms with Gasteiger partial charge in [0.05, 0.1) is 9.79 Å². The van der Waals surface area contributed by atoms with E-state index in [0.717, 1.165) is 11.3 Å². The first-order chi connectivity index (χ1) is 26.7. The lowest BCUT2D eigenvalue weighted by Crippen LogP contribution is -2.45. The minimum atomic E-state index is -4.34. The Hall–Kier alpha value is -5.64. The van der Waals surface area contributed by atoms with Gasteiger partial charge in [-0.2, -0.15) is 5.26 Å². The molecule has 0 unspecified atom stereocenters. The van der Waals surface area contributed by atoms with Crippen molar-refractivity contribution in [3.63, 3.8) is 0 Å². The van der Waals surface area contributed by atoms with Gasteiger partial charge < -0.3 is 11.5 Å². The molecule has 0 saturated heterocycles. The highest BCUT2D eigenvalue weighted by atomic mass is 32.2. The lowest BCUT2D eigenvalue weighted by Gasteiger charge is -2.29. The molecule has 294 valence electrons. The Morgan fingerprint density at radius 2 is 1.33 bits per heavy atom. The van der Waals surface area contributed by atoms with Gasteiger partial charge in [0.15, 0.2) is 10.7 Å². The van der Waals surface area contributed by atoms with Gasteiger partial charge in [-0.15, -0.1) is 10.2 Å². The molecule has 6 N–H and O–H groups in total. The predicted octanol–water partition coefficient (Wildman–Crippen LogP) is 7.29. The molecule has 12 nitrogen and oxygen atoms in total. The van der Waals surface area contributed by atoms with Crippen LogP contribution < -0.4 is 20.9 Å². The molecular formula is C40H38F2N8O4S3. The maximum Gasteiger partial charge on any atom is 0.241 e. The molecule has 4 aromatic carbocycles. The highest BCUT2D eigenvalue weighted by Gasteiger charge is 2.32. The van der Waals surface area contributed by atoms with Crippen LogP contribution in [-0.2, 0) is 26.5 Å². The van der Waals surface area contributed by atoms with E-state index in [1.54, 1.807) is 71.0 Å². The van der Waals surface area contributed by atoms with Crippen LogP contribution in [0.2, 0.25) is 0 Å². The fourth-order valence-corrected chi connectivity index (χ4v) is 10.4. The number of halogens is 2. The average molecular weight is 829 g/mol. The van der Waals surface area contributed by atoms with Crippen molar-refractivity contribution in [3.8, 4) is 50.0 Å². The van der Waals surface area contributed by atoms with E-state index in [0.29, 0.717) is 5.56 Å². The largest absolute Gasteiger partial charge is 0.384 e. The summed E-state index contributed by atoms with van der Waals surface area (Å²) in [5.74, 6) is -1.30. The Balaban J connectivity index is 1.38. The first-order valence-corrected chi connectivity index (χ1v) is 21.1. The van der Waals surface area contributed by atoms with Gasteiger partial charge in [0.1, 0.15) is 23.5 Å². The number of anilines is 2. The number of nitrogens with two attached hydrogens (primary N) is 2. The highest BCUT2D eigenvalue weighted by molar-refractivity contribution is 7.90. The number of sulfonamides is 2. The fourth-order valence-electron chi connectivity index (χ4n) is 6.47. The molecule has 0 atom stereocenters. The lowest BCUT2D eigenvalue weighted by atomic mass is 9.90. The molecule has 0 radical (unpaired) electrons. The van der Waals surface area contributed by atoms with Crippen LogP contribution in [0, 0.1) is 23.0 Å². The van der Waals surface area contributed by atoms with Gasteiger partial charge >= 0.3 is 0 Å². The van der Waals surface area contributed by atoms with E-state index in [9.17, 15) is 22.1 Å². The summed E-state index contributed by atoms with van der Waals surface area (Å²) < 4.78 is 93.1. The zero-order chi connectivity index (χ0) is 41.5. The van der Waals surface area contributed by atoms with Crippen LogP contribution in [-0.4, -0.2) is 43.1 Å². The second-order valence-corrected chi connectivity index (χ2v) is 19.2. The number of pyridine rings is 1. The molecule has 0 amide bonds. The predicted molar refractivity (Wildman–Crippen MR) is 218 cm³/mol. The molecule has 0 spiro atoms. The number of nitrogen functional groups attached to an aromatic ring is 2. The van der Waals surface area contributed by atoms with Crippen LogP contribution in [0.4, 0.5) is 19.7 Å².